The fourth-order valence-corrected chi connectivity index (χ4v) is 1.74. The summed E-state index contributed by atoms with van der Waals surface area (Å²) in [4.78, 5) is 16.2. The monoisotopic (exact) mass is 255 g/mol. The van der Waals surface area contributed by atoms with E-state index in [1.807, 2.05) is 44.2 Å². The zero-order valence-corrected chi connectivity index (χ0v) is 11.3. The molecular weight excluding hydrogens is 238 g/mol. The molecule has 0 fully saturated rings. The van der Waals surface area contributed by atoms with Crippen molar-refractivity contribution in [3.63, 3.8) is 0 Å². The first-order valence-corrected chi connectivity index (χ1v) is 6.13. The predicted molar refractivity (Wildman–Crippen MR) is 76.8 cm³/mol. The first kappa shape index (κ1) is 13.1. The van der Waals surface area contributed by atoms with Crippen molar-refractivity contribution >= 4 is 17.4 Å². The highest BCUT2D eigenvalue weighted by atomic mass is 16.1. The molecule has 2 N–H and O–H groups in total. The number of rotatable bonds is 3. The van der Waals surface area contributed by atoms with E-state index in [2.05, 4.69) is 15.6 Å². The minimum absolute atomic E-state index is 0.151. The molecule has 0 saturated carbocycles. The molecule has 0 aliphatic heterocycles. The lowest BCUT2D eigenvalue weighted by atomic mass is 10.2. The average Bonchev–Trinajstić information content (AvgIpc) is 2.41. The molecule has 0 aliphatic rings. The standard InChI is InChI=1S/C15H17N3O/c1-10-4-7-12(8-5-10)18-14-13(15(19)16-3)9-6-11(2)17-14/h4-9H,1-3H3,(H,16,19)(H,17,18). The molecule has 0 radical (unpaired) electrons. The minimum atomic E-state index is -0.151. The molecule has 0 bridgehead atoms. The van der Waals surface area contributed by atoms with Crippen LogP contribution in [0.15, 0.2) is 36.4 Å². The van der Waals surface area contributed by atoms with Crippen molar-refractivity contribution in [2.75, 3.05) is 12.4 Å². The van der Waals surface area contributed by atoms with Crippen LogP contribution in [0, 0.1) is 13.8 Å². The van der Waals surface area contributed by atoms with Crippen molar-refractivity contribution in [3.05, 3.63) is 53.2 Å². The molecule has 19 heavy (non-hydrogen) atoms. The normalized spacial score (nSPS) is 10.1. The Hall–Kier alpha value is -2.36. The van der Waals surface area contributed by atoms with Crippen LogP contribution in [0.25, 0.3) is 0 Å². The van der Waals surface area contributed by atoms with Crippen LogP contribution in [0.3, 0.4) is 0 Å². The van der Waals surface area contributed by atoms with E-state index in [-0.39, 0.29) is 5.91 Å². The molecule has 2 rings (SSSR count). The highest BCUT2D eigenvalue weighted by Gasteiger charge is 2.11. The maximum atomic E-state index is 11.8. The first-order valence-electron chi connectivity index (χ1n) is 6.13. The Balaban J connectivity index is 2.35. The van der Waals surface area contributed by atoms with Crippen molar-refractivity contribution in [1.82, 2.24) is 10.3 Å². The van der Waals surface area contributed by atoms with Gasteiger partial charge < -0.3 is 10.6 Å². The lowest BCUT2D eigenvalue weighted by Crippen LogP contribution is -2.19. The summed E-state index contributed by atoms with van der Waals surface area (Å²) in [5, 5.41) is 5.80. The third-order valence-electron chi connectivity index (χ3n) is 2.82. The van der Waals surface area contributed by atoms with Crippen LogP contribution in [-0.2, 0) is 0 Å². The van der Waals surface area contributed by atoms with E-state index in [1.54, 1.807) is 13.1 Å². The molecule has 0 saturated heterocycles. The molecule has 98 valence electrons. The summed E-state index contributed by atoms with van der Waals surface area (Å²) in [6.07, 6.45) is 0. The Bertz CT molecular complexity index is 591. The first-order chi connectivity index (χ1) is 9.10. The number of hydrogen-bond donors (Lipinski definition) is 2. The van der Waals surface area contributed by atoms with Gasteiger partial charge in [0.15, 0.2) is 0 Å². The molecule has 2 aromatic rings. The van der Waals surface area contributed by atoms with E-state index in [9.17, 15) is 4.79 Å². The van der Waals surface area contributed by atoms with Gasteiger partial charge >= 0.3 is 0 Å². The summed E-state index contributed by atoms with van der Waals surface area (Å²) >= 11 is 0. The van der Waals surface area contributed by atoms with Gasteiger partial charge in [0.2, 0.25) is 0 Å². The third-order valence-corrected chi connectivity index (χ3v) is 2.82. The van der Waals surface area contributed by atoms with Crippen molar-refractivity contribution < 1.29 is 4.79 Å². The number of pyridine rings is 1. The van der Waals surface area contributed by atoms with Gasteiger partial charge in [-0.3, -0.25) is 4.79 Å². The van der Waals surface area contributed by atoms with E-state index in [1.165, 1.54) is 5.56 Å². The van der Waals surface area contributed by atoms with Crippen molar-refractivity contribution in [2.45, 2.75) is 13.8 Å². The number of carbonyl (C=O) groups is 1. The van der Waals surface area contributed by atoms with Crippen LogP contribution in [0.1, 0.15) is 21.6 Å². The fourth-order valence-electron chi connectivity index (χ4n) is 1.74. The van der Waals surface area contributed by atoms with Gasteiger partial charge in [-0.1, -0.05) is 17.7 Å². The van der Waals surface area contributed by atoms with Gasteiger partial charge in [-0.15, -0.1) is 0 Å². The molecule has 0 spiro atoms. The van der Waals surface area contributed by atoms with E-state index in [0.717, 1.165) is 11.4 Å². The van der Waals surface area contributed by atoms with Gasteiger partial charge in [0.1, 0.15) is 5.82 Å². The number of aryl methyl sites for hydroxylation is 2. The molecule has 4 nitrogen and oxygen atoms in total. The van der Waals surface area contributed by atoms with Crippen molar-refractivity contribution in [3.8, 4) is 0 Å². The maximum absolute atomic E-state index is 11.8. The molecule has 0 aliphatic carbocycles. The van der Waals surface area contributed by atoms with E-state index < -0.39 is 0 Å². The Morgan fingerprint density at radius 3 is 2.37 bits per heavy atom. The van der Waals surface area contributed by atoms with E-state index in [0.29, 0.717) is 11.4 Å². The number of amides is 1. The molecule has 1 aromatic carbocycles. The van der Waals surface area contributed by atoms with Gasteiger partial charge in [0.05, 0.1) is 5.56 Å². The Kier molecular flexibility index (Phi) is 3.80. The molecule has 0 atom stereocenters. The Morgan fingerprint density at radius 2 is 1.74 bits per heavy atom. The maximum Gasteiger partial charge on any atom is 0.254 e. The quantitative estimate of drug-likeness (QED) is 0.886. The second-order valence-corrected chi connectivity index (χ2v) is 4.42. The van der Waals surface area contributed by atoms with Crippen LogP contribution >= 0.6 is 0 Å². The second-order valence-electron chi connectivity index (χ2n) is 4.42. The lowest BCUT2D eigenvalue weighted by molar-refractivity contribution is 0.0963. The van der Waals surface area contributed by atoms with Crippen LogP contribution in [-0.4, -0.2) is 17.9 Å². The highest BCUT2D eigenvalue weighted by Crippen LogP contribution is 2.19. The van der Waals surface area contributed by atoms with Crippen LogP contribution < -0.4 is 10.6 Å². The summed E-state index contributed by atoms with van der Waals surface area (Å²) in [6, 6.07) is 11.6. The number of carbonyl (C=O) groups excluding carboxylic acids is 1. The van der Waals surface area contributed by atoms with Crippen LogP contribution in [0.4, 0.5) is 11.5 Å². The fraction of sp³-hybridized carbons (Fsp3) is 0.200. The van der Waals surface area contributed by atoms with Gasteiger partial charge in [0, 0.05) is 18.4 Å². The van der Waals surface area contributed by atoms with Gasteiger partial charge in [0.25, 0.3) is 5.91 Å². The molecule has 1 aromatic heterocycles. The van der Waals surface area contributed by atoms with Gasteiger partial charge in [-0.05, 0) is 38.1 Å². The summed E-state index contributed by atoms with van der Waals surface area (Å²) in [6.45, 7) is 3.93. The summed E-state index contributed by atoms with van der Waals surface area (Å²) in [5.41, 5.74) is 3.50. The number of anilines is 2. The molecular formula is C15H17N3O. The molecule has 4 heteroatoms. The SMILES string of the molecule is CNC(=O)c1ccc(C)nc1Nc1ccc(C)cc1. The smallest absolute Gasteiger partial charge is 0.254 e. The summed E-state index contributed by atoms with van der Waals surface area (Å²) < 4.78 is 0. The predicted octanol–water partition coefficient (Wildman–Crippen LogP) is 2.80. The molecule has 0 unspecified atom stereocenters. The minimum Gasteiger partial charge on any atom is -0.355 e. The third kappa shape index (κ3) is 3.10. The number of nitrogens with zero attached hydrogens (tertiary/aromatic N) is 1. The lowest BCUT2D eigenvalue weighted by Gasteiger charge is -2.11. The number of benzene rings is 1. The van der Waals surface area contributed by atoms with Crippen molar-refractivity contribution in [2.24, 2.45) is 0 Å². The van der Waals surface area contributed by atoms with Crippen LogP contribution in [0.5, 0.6) is 0 Å². The number of nitrogens with one attached hydrogen (secondary N) is 2. The van der Waals surface area contributed by atoms with E-state index >= 15 is 0 Å². The Labute approximate surface area is 112 Å². The highest BCUT2D eigenvalue weighted by molar-refractivity contribution is 5.99. The topological polar surface area (TPSA) is 54.0 Å². The largest absolute Gasteiger partial charge is 0.355 e. The van der Waals surface area contributed by atoms with E-state index in [4.69, 9.17) is 0 Å². The van der Waals surface area contributed by atoms with Gasteiger partial charge in [-0.25, -0.2) is 4.98 Å². The average molecular weight is 255 g/mol. The number of aromatic nitrogens is 1. The summed E-state index contributed by atoms with van der Waals surface area (Å²) in [7, 11) is 1.61. The zero-order valence-electron chi connectivity index (χ0n) is 11.3. The molecule has 1 amide bonds. The Morgan fingerprint density at radius 1 is 1.05 bits per heavy atom. The zero-order chi connectivity index (χ0) is 13.8. The van der Waals surface area contributed by atoms with Gasteiger partial charge in [-0.2, -0.15) is 0 Å². The van der Waals surface area contributed by atoms with Crippen molar-refractivity contribution in [1.29, 1.82) is 0 Å². The number of hydrogen-bond acceptors (Lipinski definition) is 3. The second kappa shape index (κ2) is 5.52. The molecule has 1 heterocycles. The van der Waals surface area contributed by atoms with Crippen LogP contribution in [0.2, 0.25) is 0 Å². The summed E-state index contributed by atoms with van der Waals surface area (Å²) in [5.74, 6) is 0.422.